The quantitative estimate of drug-likeness (QED) is 0.589. The Morgan fingerprint density at radius 2 is 1.70 bits per heavy atom. The minimum Gasteiger partial charge on any atom is -0.310 e. The first-order chi connectivity index (χ1) is 11.2. The molecule has 1 aliphatic heterocycles. The smallest absolute Gasteiger partial charge is 0.185 e. The Kier molecular flexibility index (Phi) is 5.34. The van der Waals surface area contributed by atoms with E-state index < -0.39 is 0 Å². The number of hydrogen-bond acceptors (Lipinski definition) is 3. The van der Waals surface area contributed by atoms with Crippen LogP contribution in [0.2, 0.25) is 0 Å². The Balaban J connectivity index is 1.68. The molecule has 0 amide bonds. The summed E-state index contributed by atoms with van der Waals surface area (Å²) >= 11 is 9.08. The molecule has 1 saturated heterocycles. The second-order valence-corrected chi connectivity index (χ2v) is 6.92. The number of nitrogens with zero attached hydrogens (tertiary/aromatic N) is 4. The van der Waals surface area contributed by atoms with Crippen LogP contribution >= 0.6 is 28.1 Å². The molecule has 0 bridgehead atoms. The summed E-state index contributed by atoms with van der Waals surface area (Å²) in [5.74, 6) is 2.72. The second-order valence-electron chi connectivity index (χ2n) is 5.64. The van der Waals surface area contributed by atoms with Gasteiger partial charge in [0.2, 0.25) is 0 Å². The zero-order valence-electron chi connectivity index (χ0n) is 12.9. The monoisotopic (exact) mass is 390 g/mol. The molecular formula is C17H19BrN4S. The number of terminal acetylenes is 1. The molecule has 0 unspecified atom stereocenters. The van der Waals surface area contributed by atoms with Crippen LogP contribution in [0.25, 0.3) is 5.69 Å². The van der Waals surface area contributed by atoms with Crippen molar-refractivity contribution in [1.29, 1.82) is 0 Å². The van der Waals surface area contributed by atoms with Crippen molar-refractivity contribution >= 4 is 28.1 Å². The van der Waals surface area contributed by atoms with Gasteiger partial charge in [-0.1, -0.05) is 21.9 Å². The number of rotatable bonds is 4. The van der Waals surface area contributed by atoms with Gasteiger partial charge in [0.05, 0.1) is 13.2 Å². The fraction of sp³-hybridized carbons (Fsp3) is 0.353. The molecule has 0 aliphatic carbocycles. The van der Waals surface area contributed by atoms with Crippen LogP contribution in [0.4, 0.5) is 0 Å². The van der Waals surface area contributed by atoms with Gasteiger partial charge >= 0.3 is 0 Å². The molecule has 0 N–H and O–H groups in total. The summed E-state index contributed by atoms with van der Waals surface area (Å²) in [5.41, 5.74) is 1.08. The van der Waals surface area contributed by atoms with Crippen molar-refractivity contribution in [3.05, 3.63) is 45.9 Å². The lowest BCUT2D eigenvalue weighted by atomic mass is 10.3. The third-order valence-electron chi connectivity index (χ3n) is 4.08. The van der Waals surface area contributed by atoms with Gasteiger partial charge in [-0.15, -0.1) is 6.42 Å². The molecule has 3 rings (SSSR count). The molecule has 2 heterocycles. The van der Waals surface area contributed by atoms with Crippen molar-refractivity contribution in [3.63, 3.8) is 0 Å². The van der Waals surface area contributed by atoms with Crippen LogP contribution in [0.3, 0.4) is 0 Å². The fourth-order valence-electron chi connectivity index (χ4n) is 2.75. The molecule has 2 aromatic rings. The average molecular weight is 391 g/mol. The third kappa shape index (κ3) is 3.93. The summed E-state index contributed by atoms with van der Waals surface area (Å²) in [6.07, 6.45) is 9.46. The summed E-state index contributed by atoms with van der Waals surface area (Å²) in [6.45, 7) is 5.65. The number of imidazole rings is 1. The van der Waals surface area contributed by atoms with Crippen LogP contribution < -0.4 is 0 Å². The molecule has 23 heavy (non-hydrogen) atoms. The van der Waals surface area contributed by atoms with Gasteiger partial charge in [0.15, 0.2) is 4.77 Å². The van der Waals surface area contributed by atoms with Crippen molar-refractivity contribution < 1.29 is 0 Å². The first kappa shape index (κ1) is 16.5. The maximum Gasteiger partial charge on any atom is 0.185 e. The number of benzene rings is 1. The number of hydrogen-bond donors (Lipinski definition) is 0. The van der Waals surface area contributed by atoms with E-state index in [1.165, 1.54) is 0 Å². The maximum atomic E-state index is 5.62. The highest BCUT2D eigenvalue weighted by molar-refractivity contribution is 9.10. The lowest BCUT2D eigenvalue weighted by molar-refractivity contribution is 0.116. The Labute approximate surface area is 150 Å². The van der Waals surface area contributed by atoms with E-state index in [9.17, 15) is 0 Å². The largest absolute Gasteiger partial charge is 0.310 e. The van der Waals surface area contributed by atoms with Gasteiger partial charge in [-0.3, -0.25) is 14.4 Å². The predicted molar refractivity (Wildman–Crippen MR) is 99.1 cm³/mol. The van der Waals surface area contributed by atoms with Crippen LogP contribution in [0.15, 0.2) is 41.1 Å². The van der Waals surface area contributed by atoms with Crippen molar-refractivity contribution in [3.8, 4) is 18.0 Å². The van der Waals surface area contributed by atoms with Crippen molar-refractivity contribution in [2.45, 2.75) is 6.67 Å². The van der Waals surface area contributed by atoms with Crippen LogP contribution in [-0.2, 0) is 6.67 Å². The summed E-state index contributed by atoms with van der Waals surface area (Å²) in [5, 5.41) is 0. The topological polar surface area (TPSA) is 16.3 Å². The van der Waals surface area contributed by atoms with Gasteiger partial charge in [-0.05, 0) is 36.5 Å². The zero-order chi connectivity index (χ0) is 16.2. The number of aromatic nitrogens is 2. The number of piperazine rings is 1. The molecule has 4 nitrogen and oxygen atoms in total. The molecule has 0 spiro atoms. The van der Waals surface area contributed by atoms with E-state index in [-0.39, 0.29) is 0 Å². The van der Waals surface area contributed by atoms with E-state index in [4.69, 9.17) is 18.6 Å². The maximum absolute atomic E-state index is 5.62. The Bertz CT molecular complexity index is 748. The van der Waals surface area contributed by atoms with Crippen molar-refractivity contribution in [1.82, 2.24) is 18.9 Å². The van der Waals surface area contributed by atoms with E-state index >= 15 is 0 Å². The molecule has 0 saturated carbocycles. The fourth-order valence-corrected chi connectivity index (χ4v) is 3.30. The molecule has 1 aliphatic rings. The number of halogens is 1. The predicted octanol–water partition coefficient (Wildman–Crippen LogP) is 2.98. The Hall–Kier alpha value is -1.39. The Morgan fingerprint density at radius 1 is 1.04 bits per heavy atom. The molecular weight excluding hydrogens is 372 g/mol. The van der Waals surface area contributed by atoms with Crippen molar-refractivity contribution in [2.24, 2.45) is 0 Å². The first-order valence-electron chi connectivity index (χ1n) is 7.59. The van der Waals surface area contributed by atoms with Crippen LogP contribution in [-0.4, -0.2) is 51.7 Å². The van der Waals surface area contributed by atoms with Gasteiger partial charge in [-0.25, -0.2) is 0 Å². The average Bonchev–Trinajstić information content (AvgIpc) is 2.91. The first-order valence-corrected chi connectivity index (χ1v) is 8.79. The summed E-state index contributed by atoms with van der Waals surface area (Å²) < 4.78 is 6.04. The molecule has 120 valence electrons. The summed E-state index contributed by atoms with van der Waals surface area (Å²) in [6, 6.07) is 8.17. The van der Waals surface area contributed by atoms with E-state index in [2.05, 4.69) is 54.5 Å². The highest BCUT2D eigenvalue weighted by atomic mass is 79.9. The zero-order valence-corrected chi connectivity index (χ0v) is 15.3. The molecule has 0 radical (unpaired) electrons. The van der Waals surface area contributed by atoms with E-state index in [1.807, 2.05) is 22.9 Å². The molecule has 0 atom stereocenters. The van der Waals surface area contributed by atoms with Crippen LogP contribution in [0, 0.1) is 17.1 Å². The molecule has 1 fully saturated rings. The minimum absolute atomic E-state index is 0.743. The van der Waals surface area contributed by atoms with Gasteiger partial charge in [0.1, 0.15) is 0 Å². The lowest BCUT2D eigenvalue weighted by Gasteiger charge is -2.33. The molecule has 1 aromatic carbocycles. The highest BCUT2D eigenvalue weighted by Crippen LogP contribution is 2.15. The molecule has 6 heteroatoms. The summed E-state index contributed by atoms with van der Waals surface area (Å²) in [4.78, 5) is 4.72. The SMILES string of the molecule is C#CCN1CCN(Cn2ccn(-c3ccc(Br)cc3)c2=S)CC1. The van der Waals surface area contributed by atoms with Crippen LogP contribution in [0.5, 0.6) is 0 Å². The van der Waals surface area contributed by atoms with E-state index in [1.54, 1.807) is 0 Å². The van der Waals surface area contributed by atoms with Gasteiger partial charge in [0, 0.05) is 48.7 Å². The standard InChI is InChI=1S/C17H19BrN4S/c1-2-7-19-8-10-20(11-9-19)14-21-12-13-22(17(21)23)16-5-3-15(18)4-6-16/h1,3-6,12-13H,7-11,14H2. The van der Waals surface area contributed by atoms with Crippen LogP contribution in [0.1, 0.15) is 0 Å². The second kappa shape index (κ2) is 7.45. The van der Waals surface area contributed by atoms with Gasteiger partial charge in [-0.2, -0.15) is 0 Å². The summed E-state index contributed by atoms with van der Waals surface area (Å²) in [7, 11) is 0. The highest BCUT2D eigenvalue weighted by Gasteiger charge is 2.16. The van der Waals surface area contributed by atoms with E-state index in [0.717, 1.165) is 54.3 Å². The normalized spacial score (nSPS) is 16.3. The van der Waals surface area contributed by atoms with Gasteiger partial charge in [0.25, 0.3) is 0 Å². The molecule has 1 aromatic heterocycles. The van der Waals surface area contributed by atoms with Gasteiger partial charge < -0.3 is 4.57 Å². The third-order valence-corrected chi connectivity index (χ3v) is 5.04. The lowest BCUT2D eigenvalue weighted by Crippen LogP contribution is -2.46. The minimum atomic E-state index is 0.743. The van der Waals surface area contributed by atoms with E-state index in [0.29, 0.717) is 0 Å². The Morgan fingerprint density at radius 3 is 2.35 bits per heavy atom. The van der Waals surface area contributed by atoms with Crippen molar-refractivity contribution in [2.75, 3.05) is 32.7 Å².